The number of fused-ring (bicyclic) bond motifs is 1. The number of para-hydroxylation sites is 2. The molecular formula is C19H14N4O2. The first-order chi connectivity index (χ1) is 12.2. The number of hydrogen-bond donors (Lipinski definition) is 0. The average molecular weight is 330 g/mol. The number of hydrogen-bond acceptors (Lipinski definition) is 5. The van der Waals surface area contributed by atoms with Gasteiger partial charge >= 0.3 is 0 Å². The molecule has 25 heavy (non-hydrogen) atoms. The van der Waals surface area contributed by atoms with Crippen LogP contribution in [0, 0.1) is 0 Å². The summed E-state index contributed by atoms with van der Waals surface area (Å²) in [5.74, 6) is 1.26. The quantitative estimate of drug-likeness (QED) is 0.536. The number of imidazole rings is 1. The Hall–Kier alpha value is -3.54. The fourth-order valence-corrected chi connectivity index (χ4v) is 2.61. The zero-order valence-corrected chi connectivity index (χ0v) is 13.5. The van der Waals surface area contributed by atoms with Crippen molar-refractivity contribution in [3.05, 3.63) is 78.5 Å². The molecule has 6 nitrogen and oxygen atoms in total. The molecule has 0 saturated heterocycles. The predicted molar refractivity (Wildman–Crippen MR) is 92.7 cm³/mol. The standard InChI is InChI=1S/C19H14N4O2/c1-23-16-5-3-2-4-15(16)22-19(23)18(24)13-6-8-14(9-7-13)25-17-12-20-10-11-21-17/h2-12H,1H3. The van der Waals surface area contributed by atoms with Crippen LogP contribution in [0.2, 0.25) is 0 Å². The van der Waals surface area contributed by atoms with Crippen LogP contribution in [-0.2, 0) is 7.05 Å². The molecule has 0 fully saturated rings. The van der Waals surface area contributed by atoms with E-state index in [1.165, 1.54) is 6.20 Å². The SMILES string of the molecule is Cn1c(C(=O)c2ccc(Oc3cnccn3)cc2)nc2ccccc21. The van der Waals surface area contributed by atoms with Gasteiger partial charge in [-0.2, -0.15) is 0 Å². The number of rotatable bonds is 4. The van der Waals surface area contributed by atoms with Crippen LogP contribution >= 0.6 is 0 Å². The molecule has 0 unspecified atom stereocenters. The lowest BCUT2D eigenvalue weighted by Gasteiger charge is -2.05. The Kier molecular flexibility index (Phi) is 3.70. The highest BCUT2D eigenvalue weighted by molar-refractivity contribution is 6.08. The van der Waals surface area contributed by atoms with E-state index in [-0.39, 0.29) is 5.78 Å². The second-order valence-electron chi connectivity index (χ2n) is 5.48. The van der Waals surface area contributed by atoms with Crippen molar-refractivity contribution in [1.29, 1.82) is 0 Å². The smallest absolute Gasteiger partial charge is 0.237 e. The highest BCUT2D eigenvalue weighted by Gasteiger charge is 2.17. The van der Waals surface area contributed by atoms with E-state index in [9.17, 15) is 4.79 Å². The maximum Gasteiger partial charge on any atom is 0.237 e. The van der Waals surface area contributed by atoms with Gasteiger partial charge < -0.3 is 9.30 Å². The highest BCUT2D eigenvalue weighted by atomic mass is 16.5. The molecule has 0 aliphatic heterocycles. The number of ketones is 1. The summed E-state index contributed by atoms with van der Waals surface area (Å²) in [7, 11) is 1.84. The van der Waals surface area contributed by atoms with Crippen LogP contribution in [0.15, 0.2) is 67.1 Å². The van der Waals surface area contributed by atoms with Crippen molar-refractivity contribution >= 4 is 16.8 Å². The van der Waals surface area contributed by atoms with Gasteiger partial charge in [0.1, 0.15) is 5.75 Å². The Labute approximate surface area is 143 Å². The van der Waals surface area contributed by atoms with Gasteiger partial charge in [0.05, 0.1) is 17.2 Å². The molecule has 2 aromatic heterocycles. The van der Waals surface area contributed by atoms with E-state index >= 15 is 0 Å². The van der Waals surface area contributed by atoms with Crippen LogP contribution in [0.1, 0.15) is 16.2 Å². The Balaban J connectivity index is 1.61. The first-order valence-electron chi connectivity index (χ1n) is 7.72. The number of aryl methyl sites for hydroxylation is 1. The largest absolute Gasteiger partial charge is 0.438 e. The Bertz CT molecular complexity index is 1040. The van der Waals surface area contributed by atoms with E-state index in [1.807, 2.05) is 35.9 Å². The molecule has 6 heteroatoms. The van der Waals surface area contributed by atoms with E-state index in [0.717, 1.165) is 11.0 Å². The molecule has 0 spiro atoms. The first kappa shape index (κ1) is 15.0. The summed E-state index contributed by atoms with van der Waals surface area (Å²) >= 11 is 0. The van der Waals surface area contributed by atoms with Crippen LogP contribution in [0.5, 0.6) is 11.6 Å². The van der Waals surface area contributed by atoms with E-state index < -0.39 is 0 Å². The lowest BCUT2D eigenvalue weighted by Crippen LogP contribution is -2.08. The van der Waals surface area contributed by atoms with Crippen molar-refractivity contribution in [1.82, 2.24) is 19.5 Å². The minimum absolute atomic E-state index is 0.134. The molecule has 0 radical (unpaired) electrons. The van der Waals surface area contributed by atoms with Gasteiger partial charge in [-0.3, -0.25) is 9.78 Å². The summed E-state index contributed by atoms with van der Waals surface area (Å²) in [5.41, 5.74) is 2.27. The molecule has 0 aliphatic carbocycles. The van der Waals surface area contributed by atoms with Gasteiger partial charge in [0, 0.05) is 25.0 Å². The summed E-state index contributed by atoms with van der Waals surface area (Å²) in [4.78, 5) is 25.2. The first-order valence-corrected chi connectivity index (χ1v) is 7.72. The Morgan fingerprint density at radius 3 is 2.56 bits per heavy atom. The van der Waals surface area contributed by atoms with Gasteiger partial charge in [0.15, 0.2) is 5.82 Å². The molecule has 4 rings (SSSR count). The summed E-state index contributed by atoms with van der Waals surface area (Å²) in [6.45, 7) is 0. The molecule has 0 atom stereocenters. The third kappa shape index (κ3) is 2.85. The number of nitrogens with zero attached hydrogens (tertiary/aromatic N) is 4. The second-order valence-corrected chi connectivity index (χ2v) is 5.48. The maximum absolute atomic E-state index is 12.8. The lowest BCUT2D eigenvalue weighted by molar-refractivity contribution is 0.102. The van der Waals surface area contributed by atoms with E-state index in [1.54, 1.807) is 36.7 Å². The molecule has 4 aromatic rings. The van der Waals surface area contributed by atoms with Crippen LogP contribution in [0.3, 0.4) is 0 Å². The van der Waals surface area contributed by atoms with E-state index in [2.05, 4.69) is 15.0 Å². The average Bonchev–Trinajstić information content (AvgIpc) is 3.00. The molecular weight excluding hydrogens is 316 g/mol. The van der Waals surface area contributed by atoms with Gasteiger partial charge in [-0.05, 0) is 36.4 Å². The zero-order chi connectivity index (χ0) is 17.2. The summed E-state index contributed by atoms with van der Waals surface area (Å²) in [5, 5.41) is 0. The fourth-order valence-electron chi connectivity index (χ4n) is 2.61. The summed E-state index contributed by atoms with van der Waals surface area (Å²) in [6, 6.07) is 14.6. The van der Waals surface area contributed by atoms with Crippen LogP contribution in [0.4, 0.5) is 0 Å². The number of ether oxygens (including phenoxy) is 1. The van der Waals surface area contributed by atoms with Crippen LogP contribution in [-0.4, -0.2) is 25.3 Å². The third-order valence-electron chi connectivity index (χ3n) is 3.87. The normalized spacial score (nSPS) is 10.8. The molecule has 0 bridgehead atoms. The van der Waals surface area contributed by atoms with Gasteiger partial charge in [-0.15, -0.1) is 0 Å². The maximum atomic E-state index is 12.8. The Morgan fingerprint density at radius 1 is 1.04 bits per heavy atom. The minimum Gasteiger partial charge on any atom is -0.438 e. The highest BCUT2D eigenvalue weighted by Crippen LogP contribution is 2.21. The van der Waals surface area contributed by atoms with Gasteiger partial charge in [0.2, 0.25) is 11.7 Å². The van der Waals surface area contributed by atoms with Crippen molar-refractivity contribution < 1.29 is 9.53 Å². The summed E-state index contributed by atoms with van der Waals surface area (Å²) < 4.78 is 7.39. The molecule has 2 heterocycles. The molecule has 122 valence electrons. The van der Waals surface area contributed by atoms with Crippen molar-refractivity contribution in [2.75, 3.05) is 0 Å². The monoisotopic (exact) mass is 330 g/mol. The molecule has 0 amide bonds. The topological polar surface area (TPSA) is 69.9 Å². The van der Waals surface area contributed by atoms with E-state index in [0.29, 0.717) is 23.0 Å². The summed E-state index contributed by atoms with van der Waals surface area (Å²) in [6.07, 6.45) is 4.66. The fraction of sp³-hybridized carbons (Fsp3) is 0.0526. The Morgan fingerprint density at radius 2 is 1.84 bits per heavy atom. The van der Waals surface area contributed by atoms with Gasteiger partial charge in [-0.25, -0.2) is 9.97 Å². The second kappa shape index (κ2) is 6.16. The lowest BCUT2D eigenvalue weighted by atomic mass is 10.1. The van der Waals surface area contributed by atoms with Crippen molar-refractivity contribution in [2.45, 2.75) is 0 Å². The number of aromatic nitrogens is 4. The molecule has 2 aromatic carbocycles. The molecule has 0 aliphatic rings. The molecule has 0 N–H and O–H groups in total. The van der Waals surface area contributed by atoms with Crippen molar-refractivity contribution in [3.8, 4) is 11.6 Å². The predicted octanol–water partition coefficient (Wildman–Crippen LogP) is 3.39. The third-order valence-corrected chi connectivity index (χ3v) is 3.87. The van der Waals surface area contributed by atoms with Gasteiger partial charge in [0.25, 0.3) is 0 Å². The van der Waals surface area contributed by atoms with Gasteiger partial charge in [-0.1, -0.05) is 12.1 Å². The zero-order valence-electron chi connectivity index (χ0n) is 13.5. The number of benzene rings is 2. The van der Waals surface area contributed by atoms with Crippen LogP contribution in [0.25, 0.3) is 11.0 Å². The minimum atomic E-state index is -0.134. The number of carbonyl (C=O) groups excluding carboxylic acids is 1. The van der Waals surface area contributed by atoms with Crippen molar-refractivity contribution in [3.63, 3.8) is 0 Å². The number of carbonyl (C=O) groups is 1. The van der Waals surface area contributed by atoms with Crippen LogP contribution < -0.4 is 4.74 Å². The van der Waals surface area contributed by atoms with E-state index in [4.69, 9.17) is 4.74 Å². The van der Waals surface area contributed by atoms with Crippen molar-refractivity contribution in [2.24, 2.45) is 7.05 Å². The molecule has 0 saturated carbocycles.